The second-order valence-corrected chi connectivity index (χ2v) is 10.8. The second-order valence-electron chi connectivity index (χ2n) is 10.8. The molecule has 0 aromatic rings. The zero-order chi connectivity index (χ0) is 23.5. The summed E-state index contributed by atoms with van der Waals surface area (Å²) in [6.45, 7) is 24.0. The first-order valence-corrected chi connectivity index (χ1v) is 13.5. The maximum atomic E-state index is 5.07. The van der Waals surface area contributed by atoms with Crippen molar-refractivity contribution in [2.45, 2.75) is 154 Å². The van der Waals surface area contributed by atoms with Crippen LogP contribution in [0.5, 0.6) is 0 Å². The van der Waals surface area contributed by atoms with Gasteiger partial charge in [0.2, 0.25) is 0 Å². The minimum absolute atomic E-state index is 0. The third kappa shape index (κ3) is 77.9. The lowest BCUT2D eigenvalue weighted by molar-refractivity contribution is 0.0968. The summed E-state index contributed by atoms with van der Waals surface area (Å²) in [5.74, 6) is 2.50. The number of hydrogen-bond donors (Lipinski definition) is 1. The Kier molecular flexibility index (Phi) is 50.3. The molecule has 3 fully saturated rings. The van der Waals surface area contributed by atoms with Crippen LogP contribution >= 0.6 is 0 Å². The smallest absolute Gasteiger partial charge is 0.0466 e. The number of hydrogen-bond acceptors (Lipinski definition) is 2. The third-order valence-electron chi connectivity index (χ3n) is 3.78. The number of piperidine rings is 1. The van der Waals surface area contributed by atoms with Crippen molar-refractivity contribution in [1.82, 2.24) is 5.32 Å². The van der Waals surface area contributed by atoms with Crippen LogP contribution in [-0.2, 0) is 4.74 Å². The summed E-state index contributed by atoms with van der Waals surface area (Å²) < 4.78 is 5.07. The van der Waals surface area contributed by atoms with Gasteiger partial charge in [-0.3, -0.25) is 0 Å². The summed E-state index contributed by atoms with van der Waals surface area (Å²) in [5, 5.41) is 3.28. The normalized spacial score (nSPS) is 16.9. The van der Waals surface area contributed by atoms with E-state index < -0.39 is 0 Å². The maximum Gasteiger partial charge on any atom is 0.0466 e. The Balaban J connectivity index is -0.0000000912. The topological polar surface area (TPSA) is 21.3 Å². The van der Waals surface area contributed by atoms with Crippen molar-refractivity contribution < 1.29 is 4.74 Å². The first kappa shape index (κ1) is 42.1. The summed E-state index contributed by atoms with van der Waals surface area (Å²) in [4.78, 5) is 0. The molecule has 1 saturated carbocycles. The lowest BCUT2D eigenvalue weighted by Gasteiger charge is -2.08. The Morgan fingerprint density at radius 2 is 0.625 bits per heavy atom. The van der Waals surface area contributed by atoms with Gasteiger partial charge in [0.1, 0.15) is 0 Å². The number of ether oxygens (including phenoxy) is 1. The number of rotatable bonds is 0. The van der Waals surface area contributed by atoms with Gasteiger partial charge in [0, 0.05) is 13.2 Å². The van der Waals surface area contributed by atoms with Gasteiger partial charge in [-0.05, 0) is 62.9 Å². The molecule has 2 nitrogen and oxygen atoms in total. The van der Waals surface area contributed by atoms with Crippen molar-refractivity contribution in [2.75, 3.05) is 26.3 Å². The first-order valence-electron chi connectivity index (χ1n) is 13.5. The van der Waals surface area contributed by atoms with E-state index in [0.29, 0.717) is 0 Å². The molecular formula is C30H71NO. The molecule has 2 heteroatoms. The molecule has 0 aromatic heterocycles. The fourth-order valence-corrected chi connectivity index (χ4v) is 2.55. The van der Waals surface area contributed by atoms with E-state index in [1.807, 2.05) is 0 Å². The van der Waals surface area contributed by atoms with Crippen LogP contribution in [0.1, 0.15) is 154 Å². The monoisotopic (exact) mass is 462 g/mol. The van der Waals surface area contributed by atoms with Gasteiger partial charge < -0.3 is 10.1 Å². The van der Waals surface area contributed by atoms with E-state index in [4.69, 9.17) is 4.74 Å². The van der Waals surface area contributed by atoms with Gasteiger partial charge in [-0.1, -0.05) is 122 Å². The van der Waals surface area contributed by atoms with E-state index in [1.54, 1.807) is 0 Å². The molecule has 0 radical (unpaired) electrons. The van der Waals surface area contributed by atoms with Crippen LogP contribution in [0.4, 0.5) is 0 Å². The molecule has 1 aliphatic carbocycles. The van der Waals surface area contributed by atoms with Gasteiger partial charge in [0.25, 0.3) is 0 Å². The molecule has 2 heterocycles. The van der Waals surface area contributed by atoms with Crippen LogP contribution < -0.4 is 5.32 Å². The Bertz CT molecular complexity index is 166. The first-order chi connectivity index (χ1) is 14.2. The average Bonchev–Trinajstić information content (AvgIpc) is 2.72. The zero-order valence-corrected chi connectivity index (χ0v) is 23.0. The Labute approximate surface area is 208 Å². The second kappa shape index (κ2) is 38.2. The molecule has 1 N–H and O–H groups in total. The molecule has 0 unspecified atom stereocenters. The highest BCUT2D eigenvalue weighted by atomic mass is 16.5. The lowest BCUT2D eigenvalue weighted by Crippen LogP contribution is -2.21. The Morgan fingerprint density at radius 3 is 0.719 bits per heavy atom. The molecule has 2 aliphatic heterocycles. The molecule has 3 rings (SSSR count). The van der Waals surface area contributed by atoms with Crippen LogP contribution in [0.25, 0.3) is 0 Å². The summed E-state index contributed by atoms with van der Waals surface area (Å²) in [5.41, 5.74) is 0. The van der Waals surface area contributed by atoms with Crippen LogP contribution in [0.2, 0.25) is 0 Å². The number of nitrogens with one attached hydrogen (secondary N) is 1. The SMILES string of the molecule is C.C.C1CCCCC1.C1CCNCC1.C1CCOCC1.CC(C)C.CC(C)C.CC(C)C. The van der Waals surface area contributed by atoms with Gasteiger partial charge in [-0.2, -0.15) is 0 Å². The highest BCUT2D eigenvalue weighted by Crippen LogP contribution is 2.15. The quantitative estimate of drug-likeness (QED) is 0.387. The predicted molar refractivity (Wildman–Crippen MR) is 154 cm³/mol. The minimum atomic E-state index is 0. The fraction of sp³-hybridized carbons (Fsp3) is 1.00. The summed E-state index contributed by atoms with van der Waals surface area (Å²) in [6.07, 6.45) is 17.1. The lowest BCUT2D eigenvalue weighted by atomic mass is 10.0. The molecular weight excluding hydrogens is 390 g/mol. The summed E-state index contributed by atoms with van der Waals surface area (Å²) in [7, 11) is 0. The molecule has 3 aliphatic rings. The minimum Gasteiger partial charge on any atom is -0.381 e. The van der Waals surface area contributed by atoms with E-state index in [1.165, 1.54) is 90.1 Å². The average molecular weight is 462 g/mol. The maximum absolute atomic E-state index is 5.07. The van der Waals surface area contributed by atoms with Crippen LogP contribution in [-0.4, -0.2) is 26.3 Å². The van der Waals surface area contributed by atoms with Gasteiger partial charge in [0.15, 0.2) is 0 Å². The highest BCUT2D eigenvalue weighted by Gasteiger charge is 1.96. The largest absolute Gasteiger partial charge is 0.381 e. The molecule has 0 spiro atoms. The molecule has 32 heavy (non-hydrogen) atoms. The van der Waals surface area contributed by atoms with Crippen LogP contribution in [0, 0.1) is 17.8 Å². The molecule has 0 bridgehead atoms. The molecule has 2 saturated heterocycles. The predicted octanol–water partition coefficient (Wildman–Crippen LogP) is 10.5. The van der Waals surface area contributed by atoms with E-state index in [9.17, 15) is 0 Å². The molecule has 202 valence electrons. The third-order valence-corrected chi connectivity index (χ3v) is 3.78. The van der Waals surface area contributed by atoms with E-state index >= 15 is 0 Å². The van der Waals surface area contributed by atoms with Gasteiger partial charge in [0.05, 0.1) is 0 Å². The van der Waals surface area contributed by atoms with Crippen molar-refractivity contribution >= 4 is 0 Å². The Morgan fingerprint density at radius 1 is 0.406 bits per heavy atom. The van der Waals surface area contributed by atoms with Crippen molar-refractivity contribution in [3.05, 3.63) is 0 Å². The van der Waals surface area contributed by atoms with Gasteiger partial charge >= 0.3 is 0 Å². The van der Waals surface area contributed by atoms with Crippen molar-refractivity contribution in [2.24, 2.45) is 17.8 Å². The van der Waals surface area contributed by atoms with E-state index in [2.05, 4.69) is 67.6 Å². The van der Waals surface area contributed by atoms with Crippen molar-refractivity contribution in [3.8, 4) is 0 Å². The summed E-state index contributed by atoms with van der Waals surface area (Å²) >= 11 is 0. The van der Waals surface area contributed by atoms with Crippen LogP contribution in [0.3, 0.4) is 0 Å². The van der Waals surface area contributed by atoms with Crippen molar-refractivity contribution in [1.29, 1.82) is 0 Å². The van der Waals surface area contributed by atoms with Crippen molar-refractivity contribution in [3.63, 3.8) is 0 Å². The highest BCUT2D eigenvalue weighted by molar-refractivity contribution is 4.55. The fourth-order valence-electron chi connectivity index (χ4n) is 2.55. The zero-order valence-electron chi connectivity index (χ0n) is 23.0. The summed E-state index contributed by atoms with van der Waals surface area (Å²) in [6, 6.07) is 0. The van der Waals surface area contributed by atoms with Crippen LogP contribution in [0.15, 0.2) is 0 Å². The Hall–Kier alpha value is -0.0800. The molecule has 0 amide bonds. The molecule has 0 aromatic carbocycles. The standard InChI is InChI=1S/C6H12.C5H11N.C5H10O.3C4H10.2CH4/c3*1-2-4-6-5-3-1;3*1-4(2)3;;/h1-6H2;6H,1-5H2;1-5H2;3*4H,1-3H3;2*1H4. The van der Waals surface area contributed by atoms with Gasteiger partial charge in [-0.15, -0.1) is 0 Å². The van der Waals surface area contributed by atoms with Gasteiger partial charge in [-0.25, -0.2) is 0 Å². The molecule has 0 atom stereocenters. The van der Waals surface area contributed by atoms with E-state index in [-0.39, 0.29) is 14.9 Å². The van der Waals surface area contributed by atoms with E-state index in [0.717, 1.165) is 31.0 Å².